The normalized spacial score (nSPS) is 14.1. The molecule has 4 rings (SSSR count). The minimum Gasteiger partial charge on any atom is -0.493 e. The van der Waals surface area contributed by atoms with Crippen LogP contribution in [-0.4, -0.2) is 55.3 Å². The molecule has 8 nitrogen and oxygen atoms in total. The second kappa shape index (κ2) is 10.9. The molecule has 36 heavy (non-hydrogen) atoms. The number of halogens is 2. The van der Waals surface area contributed by atoms with Crippen LogP contribution >= 0.6 is 11.6 Å². The standard InChI is InChI=1S/C26H24ClFN2O6/c1-14-13-36-25-17(14)11-20(30-24(25)15-3-5-19(28)18(27)9-15)21(32)12-29-26(33)16-4-6-22(35-8-7-31)23(10-16)34-2/h3-6,9-11,14,31H,7-8,12-13H2,1-2H3,(H,29,33). The number of rotatable bonds is 9. The summed E-state index contributed by atoms with van der Waals surface area (Å²) in [7, 11) is 1.43. The van der Waals surface area contributed by atoms with Crippen LogP contribution in [0.5, 0.6) is 17.2 Å². The molecule has 0 aliphatic carbocycles. The van der Waals surface area contributed by atoms with E-state index < -0.39 is 17.5 Å². The Kier molecular flexibility index (Phi) is 7.71. The van der Waals surface area contributed by atoms with Gasteiger partial charge >= 0.3 is 0 Å². The van der Waals surface area contributed by atoms with Crippen LogP contribution < -0.4 is 19.5 Å². The summed E-state index contributed by atoms with van der Waals surface area (Å²) in [6, 6.07) is 10.4. The van der Waals surface area contributed by atoms with Crippen LogP contribution in [0.1, 0.15) is 39.3 Å². The van der Waals surface area contributed by atoms with Crippen LogP contribution in [0.4, 0.5) is 4.39 Å². The number of nitrogens with zero attached hydrogens (tertiary/aromatic N) is 1. The smallest absolute Gasteiger partial charge is 0.251 e. The third-order valence-corrected chi connectivity index (χ3v) is 5.96. The molecule has 1 aliphatic rings. The van der Waals surface area contributed by atoms with E-state index in [9.17, 15) is 14.0 Å². The summed E-state index contributed by atoms with van der Waals surface area (Å²) < 4.78 is 30.1. The number of ketones is 1. The van der Waals surface area contributed by atoms with Crippen LogP contribution in [0.3, 0.4) is 0 Å². The molecule has 1 atom stereocenters. The van der Waals surface area contributed by atoms with E-state index in [0.29, 0.717) is 35.1 Å². The Labute approximate surface area is 212 Å². The molecule has 188 valence electrons. The van der Waals surface area contributed by atoms with Crippen molar-refractivity contribution in [1.29, 1.82) is 0 Å². The van der Waals surface area contributed by atoms with Crippen molar-refractivity contribution in [3.8, 4) is 28.5 Å². The van der Waals surface area contributed by atoms with Crippen molar-refractivity contribution in [1.82, 2.24) is 10.3 Å². The predicted octanol–water partition coefficient (Wildman–Crippen LogP) is 4.03. The second-order valence-electron chi connectivity index (χ2n) is 8.16. The number of aliphatic hydroxyl groups is 1. The third-order valence-electron chi connectivity index (χ3n) is 5.67. The van der Waals surface area contributed by atoms with Gasteiger partial charge in [0.15, 0.2) is 17.3 Å². The maximum Gasteiger partial charge on any atom is 0.251 e. The Hall–Kier alpha value is -3.69. The zero-order valence-electron chi connectivity index (χ0n) is 19.6. The van der Waals surface area contributed by atoms with Gasteiger partial charge in [-0.15, -0.1) is 0 Å². The molecular weight excluding hydrogens is 491 g/mol. The highest BCUT2D eigenvalue weighted by Crippen LogP contribution is 2.41. The fourth-order valence-electron chi connectivity index (χ4n) is 3.79. The van der Waals surface area contributed by atoms with Gasteiger partial charge in [-0.25, -0.2) is 9.37 Å². The highest BCUT2D eigenvalue weighted by molar-refractivity contribution is 6.31. The largest absolute Gasteiger partial charge is 0.493 e. The number of hydrogen-bond donors (Lipinski definition) is 2. The van der Waals surface area contributed by atoms with Crippen molar-refractivity contribution in [3.63, 3.8) is 0 Å². The molecule has 2 N–H and O–H groups in total. The van der Waals surface area contributed by atoms with E-state index >= 15 is 0 Å². The van der Waals surface area contributed by atoms with Gasteiger partial charge in [0.2, 0.25) is 0 Å². The number of amides is 1. The quantitative estimate of drug-likeness (QED) is 0.415. The van der Waals surface area contributed by atoms with E-state index in [1.54, 1.807) is 12.1 Å². The number of aromatic nitrogens is 1. The number of Topliss-reactive ketones (excluding diaryl/α,β-unsaturated/α-hetero) is 1. The number of ether oxygens (including phenoxy) is 3. The fourth-order valence-corrected chi connectivity index (χ4v) is 3.97. The molecule has 10 heteroatoms. The van der Waals surface area contributed by atoms with Crippen molar-refractivity contribution in [2.75, 3.05) is 33.5 Å². The molecule has 0 radical (unpaired) electrons. The molecule has 1 aromatic heterocycles. The Morgan fingerprint density at radius 1 is 1.22 bits per heavy atom. The Balaban J connectivity index is 1.54. The minimum atomic E-state index is -0.564. The van der Waals surface area contributed by atoms with Gasteiger partial charge in [0, 0.05) is 22.6 Å². The van der Waals surface area contributed by atoms with Crippen molar-refractivity contribution in [2.24, 2.45) is 0 Å². The molecule has 1 unspecified atom stereocenters. The van der Waals surface area contributed by atoms with Crippen LogP contribution in [0.2, 0.25) is 5.02 Å². The Morgan fingerprint density at radius 3 is 2.75 bits per heavy atom. The summed E-state index contributed by atoms with van der Waals surface area (Å²) >= 11 is 5.96. The summed E-state index contributed by atoms with van der Waals surface area (Å²) in [5, 5.41) is 11.5. The van der Waals surface area contributed by atoms with Crippen LogP contribution in [0.15, 0.2) is 42.5 Å². The van der Waals surface area contributed by atoms with E-state index in [4.69, 9.17) is 30.9 Å². The average molecular weight is 515 g/mol. The molecule has 2 heterocycles. The summed E-state index contributed by atoms with van der Waals surface area (Å²) in [5.74, 6) is -0.205. The monoisotopic (exact) mass is 514 g/mol. The highest BCUT2D eigenvalue weighted by atomic mass is 35.5. The fraction of sp³-hybridized carbons (Fsp3) is 0.269. The molecule has 0 spiro atoms. The van der Waals surface area contributed by atoms with Gasteiger partial charge in [0.05, 0.1) is 31.9 Å². The number of fused-ring (bicyclic) bond motifs is 1. The van der Waals surface area contributed by atoms with E-state index in [-0.39, 0.29) is 42.0 Å². The molecule has 1 amide bonds. The zero-order valence-corrected chi connectivity index (χ0v) is 20.4. The van der Waals surface area contributed by atoms with Gasteiger partial charge < -0.3 is 24.6 Å². The zero-order chi connectivity index (χ0) is 25.8. The molecule has 0 fully saturated rings. The lowest BCUT2D eigenvalue weighted by atomic mass is 9.99. The number of benzene rings is 2. The molecule has 0 bridgehead atoms. The first-order valence-corrected chi connectivity index (χ1v) is 11.6. The number of carbonyl (C=O) groups excluding carboxylic acids is 2. The molecule has 0 saturated heterocycles. The maximum absolute atomic E-state index is 13.7. The number of pyridine rings is 1. The van der Waals surface area contributed by atoms with Crippen LogP contribution in [0.25, 0.3) is 11.3 Å². The van der Waals surface area contributed by atoms with Gasteiger partial charge in [-0.05, 0) is 42.5 Å². The lowest BCUT2D eigenvalue weighted by Crippen LogP contribution is -2.30. The lowest BCUT2D eigenvalue weighted by Gasteiger charge is -2.13. The topological polar surface area (TPSA) is 107 Å². The Morgan fingerprint density at radius 2 is 2.03 bits per heavy atom. The molecule has 0 saturated carbocycles. The molecule has 1 aliphatic heterocycles. The number of carbonyl (C=O) groups is 2. The number of aliphatic hydroxyl groups excluding tert-OH is 1. The Bertz CT molecular complexity index is 1320. The van der Waals surface area contributed by atoms with E-state index in [1.165, 1.54) is 37.4 Å². The van der Waals surface area contributed by atoms with Crippen molar-refractivity contribution in [2.45, 2.75) is 12.8 Å². The summed E-state index contributed by atoms with van der Waals surface area (Å²) in [5.41, 5.74) is 2.12. The first kappa shape index (κ1) is 25.4. The lowest BCUT2D eigenvalue weighted by molar-refractivity contribution is 0.0902. The maximum atomic E-state index is 13.7. The minimum absolute atomic E-state index is 0.0258. The van der Waals surface area contributed by atoms with Gasteiger partial charge in [-0.2, -0.15) is 0 Å². The predicted molar refractivity (Wildman–Crippen MR) is 131 cm³/mol. The van der Waals surface area contributed by atoms with Gasteiger partial charge in [0.1, 0.15) is 29.6 Å². The summed E-state index contributed by atoms with van der Waals surface area (Å²) in [6.07, 6.45) is 0. The first-order valence-electron chi connectivity index (χ1n) is 11.2. The highest BCUT2D eigenvalue weighted by Gasteiger charge is 2.28. The first-order chi connectivity index (χ1) is 17.3. The van der Waals surface area contributed by atoms with E-state index in [0.717, 1.165) is 5.56 Å². The second-order valence-corrected chi connectivity index (χ2v) is 8.57. The summed E-state index contributed by atoms with van der Waals surface area (Å²) in [4.78, 5) is 30.2. The van der Waals surface area contributed by atoms with Crippen molar-refractivity contribution >= 4 is 23.3 Å². The van der Waals surface area contributed by atoms with Gasteiger partial charge in [0.25, 0.3) is 5.91 Å². The summed E-state index contributed by atoms with van der Waals surface area (Å²) in [6.45, 7) is 2.01. The molecule has 3 aromatic rings. The van der Waals surface area contributed by atoms with E-state index in [1.807, 2.05) is 6.92 Å². The van der Waals surface area contributed by atoms with Crippen LogP contribution in [-0.2, 0) is 0 Å². The van der Waals surface area contributed by atoms with Crippen molar-refractivity contribution < 1.29 is 33.3 Å². The number of methoxy groups -OCH3 is 1. The van der Waals surface area contributed by atoms with Crippen LogP contribution in [0, 0.1) is 5.82 Å². The number of hydrogen-bond acceptors (Lipinski definition) is 7. The molecule has 2 aromatic carbocycles. The third kappa shape index (κ3) is 5.27. The average Bonchev–Trinajstić information content (AvgIpc) is 3.27. The molecular formula is C26H24ClFN2O6. The number of nitrogens with one attached hydrogen (secondary N) is 1. The van der Waals surface area contributed by atoms with Gasteiger partial charge in [-0.1, -0.05) is 18.5 Å². The van der Waals surface area contributed by atoms with Crippen molar-refractivity contribution in [3.05, 3.63) is 70.1 Å². The van der Waals surface area contributed by atoms with Gasteiger partial charge in [-0.3, -0.25) is 9.59 Å². The van der Waals surface area contributed by atoms with E-state index in [2.05, 4.69) is 10.3 Å². The SMILES string of the molecule is COc1cc(C(=O)NCC(=O)c2cc3c(c(-c4ccc(F)c(Cl)c4)n2)OCC3C)ccc1OCCO.